The second kappa shape index (κ2) is 6.41. The van der Waals surface area contributed by atoms with Gasteiger partial charge in [-0.3, -0.25) is 4.79 Å². The maximum absolute atomic E-state index is 13.5. The number of hydrogen-bond donors (Lipinski definition) is 2. The molecule has 4 nitrogen and oxygen atoms in total. The first-order valence-corrected chi connectivity index (χ1v) is 6.27. The van der Waals surface area contributed by atoms with Gasteiger partial charge in [0.05, 0.1) is 10.7 Å². The summed E-state index contributed by atoms with van der Waals surface area (Å²) in [6.45, 7) is -0.422. The average Bonchev–Trinajstić information content (AvgIpc) is 2.44. The van der Waals surface area contributed by atoms with Crippen molar-refractivity contribution in [3.05, 3.63) is 53.1 Å². The Balaban J connectivity index is 1.96. The highest BCUT2D eigenvalue weighted by Crippen LogP contribution is 2.24. The van der Waals surface area contributed by atoms with Gasteiger partial charge >= 0.3 is 0 Å². The van der Waals surface area contributed by atoms with E-state index in [2.05, 4.69) is 5.32 Å². The predicted octanol–water partition coefficient (Wildman–Crippen LogP) is 3.22. The molecule has 2 aromatic rings. The van der Waals surface area contributed by atoms with Gasteiger partial charge in [-0.05, 0) is 30.3 Å². The van der Waals surface area contributed by atoms with E-state index in [9.17, 15) is 13.6 Å². The number of hydrogen-bond acceptors (Lipinski definition) is 3. The zero-order valence-electron chi connectivity index (χ0n) is 10.7. The van der Waals surface area contributed by atoms with Crippen LogP contribution in [-0.2, 0) is 4.79 Å². The quantitative estimate of drug-likeness (QED) is 0.852. The Bertz CT molecular complexity index is 680. The average molecular weight is 313 g/mol. The van der Waals surface area contributed by atoms with Gasteiger partial charge in [-0.2, -0.15) is 0 Å². The molecule has 0 aliphatic rings. The molecule has 0 atom stereocenters. The Hall–Kier alpha value is -2.34. The fourth-order valence-corrected chi connectivity index (χ4v) is 1.72. The summed E-state index contributed by atoms with van der Waals surface area (Å²) in [5, 5.41) is 2.35. The largest absolute Gasteiger partial charge is 0.481 e. The van der Waals surface area contributed by atoms with Crippen LogP contribution in [0, 0.1) is 11.6 Å². The molecule has 0 heterocycles. The monoisotopic (exact) mass is 312 g/mol. The Morgan fingerprint density at radius 3 is 2.76 bits per heavy atom. The van der Waals surface area contributed by atoms with E-state index in [1.165, 1.54) is 30.3 Å². The molecule has 1 amide bonds. The highest BCUT2D eigenvalue weighted by Gasteiger charge is 2.10. The number of nitrogens with two attached hydrogens (primary N) is 1. The van der Waals surface area contributed by atoms with Crippen molar-refractivity contribution in [2.45, 2.75) is 0 Å². The van der Waals surface area contributed by atoms with Crippen molar-refractivity contribution in [1.82, 2.24) is 0 Å². The minimum atomic E-state index is -0.738. The van der Waals surface area contributed by atoms with Crippen molar-refractivity contribution >= 4 is 28.9 Å². The van der Waals surface area contributed by atoms with E-state index in [1.54, 1.807) is 0 Å². The number of carbonyl (C=O) groups excluding carboxylic acids is 1. The number of carbonyl (C=O) groups is 1. The van der Waals surface area contributed by atoms with E-state index in [1.807, 2.05) is 0 Å². The summed E-state index contributed by atoms with van der Waals surface area (Å²) < 4.78 is 31.5. The van der Waals surface area contributed by atoms with Crippen LogP contribution in [0.2, 0.25) is 5.02 Å². The maximum Gasteiger partial charge on any atom is 0.262 e. The van der Waals surface area contributed by atoms with Crippen LogP contribution in [0.1, 0.15) is 0 Å². The molecule has 110 valence electrons. The predicted molar refractivity (Wildman–Crippen MR) is 76.3 cm³/mol. The lowest BCUT2D eigenvalue weighted by Crippen LogP contribution is -2.20. The first-order chi connectivity index (χ1) is 9.97. The van der Waals surface area contributed by atoms with Crippen molar-refractivity contribution in [3.8, 4) is 5.75 Å². The first-order valence-electron chi connectivity index (χ1n) is 5.89. The van der Waals surface area contributed by atoms with Gasteiger partial charge < -0.3 is 15.8 Å². The standard InChI is InChI=1S/C14H11ClF2N2O2/c15-9-2-1-3-12(14(9)17)21-7-13(20)19-8-4-5-10(16)11(18)6-8/h1-6H,7,18H2,(H,19,20). The van der Waals surface area contributed by atoms with Gasteiger partial charge in [-0.1, -0.05) is 17.7 Å². The van der Waals surface area contributed by atoms with E-state index in [0.717, 1.165) is 6.07 Å². The Kier molecular flexibility index (Phi) is 4.59. The summed E-state index contributed by atoms with van der Waals surface area (Å²) in [6.07, 6.45) is 0. The maximum atomic E-state index is 13.5. The number of nitrogen functional groups attached to an aromatic ring is 1. The smallest absolute Gasteiger partial charge is 0.262 e. The normalized spacial score (nSPS) is 10.2. The summed E-state index contributed by atoms with van der Waals surface area (Å²) in [5.41, 5.74) is 5.60. The molecule has 0 spiro atoms. The molecule has 3 N–H and O–H groups in total. The molecule has 0 unspecified atom stereocenters. The molecule has 0 saturated carbocycles. The molecule has 0 aliphatic carbocycles. The Labute approximate surface area is 124 Å². The number of benzene rings is 2. The molecular formula is C14H11ClF2N2O2. The number of nitrogens with one attached hydrogen (secondary N) is 1. The van der Waals surface area contributed by atoms with Gasteiger partial charge in [-0.25, -0.2) is 8.78 Å². The van der Waals surface area contributed by atoms with Crippen LogP contribution in [0.4, 0.5) is 20.2 Å². The number of halogens is 3. The molecule has 0 aliphatic heterocycles. The summed E-state index contributed by atoms with van der Waals surface area (Å²) in [6, 6.07) is 7.97. The summed E-state index contributed by atoms with van der Waals surface area (Å²) in [4.78, 5) is 11.7. The Morgan fingerprint density at radius 2 is 2.05 bits per heavy atom. The van der Waals surface area contributed by atoms with Crippen LogP contribution in [0.3, 0.4) is 0 Å². The van der Waals surface area contributed by atoms with Crippen molar-refractivity contribution in [2.24, 2.45) is 0 Å². The van der Waals surface area contributed by atoms with Gasteiger partial charge in [0.1, 0.15) is 5.82 Å². The number of rotatable bonds is 4. The van der Waals surface area contributed by atoms with E-state index in [0.29, 0.717) is 5.69 Å². The van der Waals surface area contributed by atoms with Gasteiger partial charge in [0.15, 0.2) is 18.2 Å². The number of anilines is 2. The molecule has 0 saturated heterocycles. The van der Waals surface area contributed by atoms with Gasteiger partial charge in [0.25, 0.3) is 5.91 Å². The van der Waals surface area contributed by atoms with Crippen molar-refractivity contribution in [1.29, 1.82) is 0 Å². The van der Waals surface area contributed by atoms with Crippen LogP contribution in [0.25, 0.3) is 0 Å². The van der Waals surface area contributed by atoms with Gasteiger partial charge in [0.2, 0.25) is 0 Å². The highest BCUT2D eigenvalue weighted by atomic mass is 35.5. The third kappa shape index (κ3) is 3.82. The van der Waals surface area contributed by atoms with Crippen LogP contribution in [0.5, 0.6) is 5.75 Å². The van der Waals surface area contributed by atoms with Crippen LogP contribution in [-0.4, -0.2) is 12.5 Å². The third-order valence-corrected chi connectivity index (χ3v) is 2.85. The Morgan fingerprint density at radius 1 is 1.29 bits per heavy atom. The summed E-state index contributed by atoms with van der Waals surface area (Å²) >= 11 is 5.59. The minimum absolute atomic E-state index is 0.0883. The second-order valence-corrected chi connectivity index (χ2v) is 4.53. The van der Waals surface area contributed by atoms with E-state index in [-0.39, 0.29) is 16.5 Å². The molecule has 2 aromatic carbocycles. The van der Waals surface area contributed by atoms with Crippen molar-refractivity contribution < 1.29 is 18.3 Å². The minimum Gasteiger partial charge on any atom is -0.481 e. The van der Waals surface area contributed by atoms with E-state index >= 15 is 0 Å². The lowest BCUT2D eigenvalue weighted by Gasteiger charge is -2.09. The lowest BCUT2D eigenvalue weighted by molar-refractivity contribution is -0.118. The van der Waals surface area contributed by atoms with Crippen molar-refractivity contribution in [2.75, 3.05) is 17.7 Å². The van der Waals surface area contributed by atoms with Crippen LogP contribution < -0.4 is 15.8 Å². The lowest BCUT2D eigenvalue weighted by atomic mass is 10.2. The van der Waals surface area contributed by atoms with E-state index < -0.39 is 24.1 Å². The van der Waals surface area contributed by atoms with Gasteiger partial charge in [-0.15, -0.1) is 0 Å². The first kappa shape index (κ1) is 15.1. The summed E-state index contributed by atoms with van der Waals surface area (Å²) in [7, 11) is 0. The zero-order valence-corrected chi connectivity index (χ0v) is 11.5. The molecule has 7 heteroatoms. The van der Waals surface area contributed by atoms with Crippen LogP contribution >= 0.6 is 11.6 Å². The SMILES string of the molecule is Nc1cc(NC(=O)COc2cccc(Cl)c2F)ccc1F. The molecule has 0 bridgehead atoms. The molecule has 0 fully saturated rings. The fraction of sp³-hybridized carbons (Fsp3) is 0.0714. The number of amides is 1. The van der Waals surface area contributed by atoms with Gasteiger partial charge in [0, 0.05) is 5.69 Å². The molecule has 0 aromatic heterocycles. The fourth-order valence-electron chi connectivity index (χ4n) is 1.56. The third-order valence-electron chi connectivity index (χ3n) is 2.55. The van der Waals surface area contributed by atoms with Crippen molar-refractivity contribution in [3.63, 3.8) is 0 Å². The zero-order chi connectivity index (χ0) is 15.4. The van der Waals surface area contributed by atoms with E-state index in [4.69, 9.17) is 22.1 Å². The molecule has 21 heavy (non-hydrogen) atoms. The topological polar surface area (TPSA) is 64.3 Å². The molecule has 0 radical (unpaired) electrons. The summed E-state index contributed by atoms with van der Waals surface area (Å²) in [5.74, 6) is -1.99. The molecule has 2 rings (SSSR count). The molecular weight excluding hydrogens is 302 g/mol. The second-order valence-electron chi connectivity index (χ2n) is 4.13. The highest BCUT2D eigenvalue weighted by molar-refractivity contribution is 6.30. The number of ether oxygens (including phenoxy) is 1. The van der Waals surface area contributed by atoms with Crippen LogP contribution in [0.15, 0.2) is 36.4 Å².